The minimum Gasteiger partial charge on any atom is -0.497 e. The maximum atomic E-state index is 12.7. The maximum absolute atomic E-state index is 12.7. The quantitative estimate of drug-likeness (QED) is 0.454. The van der Waals surface area contributed by atoms with Crippen LogP contribution in [0.2, 0.25) is 0 Å². The van der Waals surface area contributed by atoms with E-state index in [0.717, 1.165) is 21.6 Å². The molecule has 1 N–H and O–H groups in total. The van der Waals surface area contributed by atoms with Crippen molar-refractivity contribution in [3.63, 3.8) is 0 Å². The van der Waals surface area contributed by atoms with E-state index < -0.39 is 0 Å². The number of thioether (sulfide) groups is 1. The lowest BCUT2D eigenvalue weighted by Gasteiger charge is -2.12. The van der Waals surface area contributed by atoms with Crippen molar-refractivity contribution in [2.75, 3.05) is 25.3 Å². The van der Waals surface area contributed by atoms with E-state index in [9.17, 15) is 10.1 Å². The number of ether oxygens (including phenoxy) is 2. The molecule has 2 aromatic heterocycles. The minimum absolute atomic E-state index is 0.173. The fourth-order valence-electron chi connectivity index (χ4n) is 3.39. The summed E-state index contributed by atoms with van der Waals surface area (Å²) in [5.41, 5.74) is 4.23. The molecule has 156 valence electrons. The third kappa shape index (κ3) is 3.88. The zero-order valence-electron chi connectivity index (χ0n) is 17.3. The van der Waals surface area contributed by atoms with E-state index in [-0.39, 0.29) is 11.7 Å². The lowest BCUT2D eigenvalue weighted by molar-refractivity contribution is -0.113. The number of aryl methyl sites for hydroxylation is 1. The number of amides is 1. The summed E-state index contributed by atoms with van der Waals surface area (Å²) in [4.78, 5) is 17.3. The molecular weight excluding hydrogens is 412 g/mol. The van der Waals surface area contributed by atoms with E-state index in [0.29, 0.717) is 28.4 Å². The smallest absolute Gasteiger partial charge is 0.234 e. The molecule has 1 amide bonds. The molecule has 8 heteroatoms. The van der Waals surface area contributed by atoms with E-state index >= 15 is 0 Å². The summed E-state index contributed by atoms with van der Waals surface area (Å²) < 4.78 is 12.5. The van der Waals surface area contributed by atoms with Gasteiger partial charge in [-0.1, -0.05) is 23.9 Å². The number of carbonyl (C=O) groups excluding carboxylic acids is 1. The minimum atomic E-state index is -0.173. The molecule has 7 nitrogen and oxygen atoms in total. The monoisotopic (exact) mass is 432 g/mol. The van der Waals surface area contributed by atoms with E-state index in [4.69, 9.17) is 9.47 Å². The van der Waals surface area contributed by atoms with Crippen LogP contribution in [0.3, 0.4) is 0 Å². The predicted octanol–water partition coefficient (Wildman–Crippen LogP) is 4.42. The lowest BCUT2D eigenvalue weighted by Crippen LogP contribution is -2.15. The largest absolute Gasteiger partial charge is 0.497 e. The number of para-hydroxylation sites is 2. The number of pyridine rings is 1. The average Bonchev–Trinajstić information content (AvgIpc) is 3.17. The lowest BCUT2D eigenvalue weighted by atomic mass is 10.2. The molecule has 0 aliphatic rings. The standard InChI is InChI=1S/C23H20N4O3S/c1-14-10-22(27-19-7-5-4-6-17(19)26-23(27)16(14)12-24)31-13-21(28)25-18-9-8-15(29-2)11-20(18)30-3/h4-11H,13H2,1-3H3,(H,25,28). The molecule has 0 aliphatic carbocycles. The molecule has 2 aromatic carbocycles. The van der Waals surface area contributed by atoms with Crippen LogP contribution < -0.4 is 14.8 Å². The van der Waals surface area contributed by atoms with Gasteiger partial charge in [0, 0.05) is 6.07 Å². The summed E-state index contributed by atoms with van der Waals surface area (Å²) in [7, 11) is 3.11. The first-order chi connectivity index (χ1) is 15.0. The Morgan fingerprint density at radius 3 is 2.74 bits per heavy atom. The molecule has 0 fully saturated rings. The third-order valence-corrected chi connectivity index (χ3v) is 5.89. The van der Waals surface area contributed by atoms with Crippen LogP contribution in [0.25, 0.3) is 16.7 Å². The second-order valence-corrected chi connectivity index (χ2v) is 7.81. The number of hydrogen-bond donors (Lipinski definition) is 1. The highest BCUT2D eigenvalue weighted by atomic mass is 32.2. The molecule has 0 bridgehead atoms. The Kier molecular flexibility index (Phi) is 5.69. The Morgan fingerprint density at radius 1 is 1.19 bits per heavy atom. The molecule has 2 heterocycles. The van der Waals surface area contributed by atoms with Crippen LogP contribution in [0.5, 0.6) is 11.5 Å². The van der Waals surface area contributed by atoms with Crippen LogP contribution in [0.1, 0.15) is 11.1 Å². The highest BCUT2D eigenvalue weighted by Gasteiger charge is 2.17. The average molecular weight is 433 g/mol. The Hall–Kier alpha value is -3.70. The van der Waals surface area contributed by atoms with Gasteiger partial charge >= 0.3 is 0 Å². The SMILES string of the molecule is COc1ccc(NC(=O)CSc2cc(C)c(C#N)c3nc4ccccc4n23)c(OC)c1. The number of nitriles is 1. The van der Waals surface area contributed by atoms with E-state index in [1.54, 1.807) is 32.4 Å². The van der Waals surface area contributed by atoms with Gasteiger partial charge in [0.05, 0.1) is 47.3 Å². The van der Waals surface area contributed by atoms with Gasteiger partial charge in [0.15, 0.2) is 5.65 Å². The van der Waals surface area contributed by atoms with Crippen LogP contribution in [-0.4, -0.2) is 35.3 Å². The number of benzene rings is 2. The first-order valence-electron chi connectivity index (χ1n) is 9.51. The van der Waals surface area contributed by atoms with Gasteiger partial charge < -0.3 is 14.8 Å². The summed E-state index contributed by atoms with van der Waals surface area (Å²) in [5, 5.41) is 13.3. The van der Waals surface area contributed by atoms with E-state index in [2.05, 4.69) is 16.4 Å². The molecule has 0 unspecified atom stereocenters. The summed E-state index contributed by atoms with van der Waals surface area (Å²) in [6.45, 7) is 1.88. The first kappa shape index (κ1) is 20.6. The summed E-state index contributed by atoms with van der Waals surface area (Å²) >= 11 is 1.39. The fraction of sp³-hybridized carbons (Fsp3) is 0.174. The number of nitrogens with zero attached hydrogens (tertiary/aromatic N) is 3. The number of imidazole rings is 1. The Morgan fingerprint density at radius 2 is 2.00 bits per heavy atom. The molecule has 0 atom stereocenters. The van der Waals surface area contributed by atoms with Crippen molar-refractivity contribution in [1.29, 1.82) is 5.26 Å². The van der Waals surface area contributed by atoms with Gasteiger partial charge in [0.25, 0.3) is 0 Å². The van der Waals surface area contributed by atoms with Crippen LogP contribution in [-0.2, 0) is 4.79 Å². The number of aromatic nitrogens is 2. The first-order valence-corrected chi connectivity index (χ1v) is 10.5. The second kappa shape index (κ2) is 8.58. The molecule has 31 heavy (non-hydrogen) atoms. The number of carbonyl (C=O) groups is 1. The third-order valence-electron chi connectivity index (χ3n) is 4.88. The number of methoxy groups -OCH3 is 2. The van der Waals surface area contributed by atoms with Crippen molar-refractivity contribution < 1.29 is 14.3 Å². The number of rotatable bonds is 6. The molecule has 0 spiro atoms. The van der Waals surface area contributed by atoms with Gasteiger partial charge in [-0.3, -0.25) is 9.20 Å². The Bertz CT molecular complexity index is 1340. The van der Waals surface area contributed by atoms with Gasteiger partial charge in [0.2, 0.25) is 5.91 Å². The predicted molar refractivity (Wildman–Crippen MR) is 121 cm³/mol. The summed E-state index contributed by atoms with van der Waals surface area (Å²) in [6.07, 6.45) is 0. The maximum Gasteiger partial charge on any atom is 0.234 e. The molecule has 0 aliphatic heterocycles. The van der Waals surface area contributed by atoms with Gasteiger partial charge in [-0.25, -0.2) is 4.98 Å². The van der Waals surface area contributed by atoms with Gasteiger partial charge in [-0.05, 0) is 42.8 Å². The Labute approximate surface area is 183 Å². The highest BCUT2D eigenvalue weighted by Crippen LogP contribution is 2.31. The summed E-state index contributed by atoms with van der Waals surface area (Å²) in [5.74, 6) is 1.18. The van der Waals surface area contributed by atoms with Crippen molar-refractivity contribution in [2.24, 2.45) is 0 Å². The molecule has 4 aromatic rings. The van der Waals surface area contributed by atoms with Crippen molar-refractivity contribution >= 4 is 40.0 Å². The second-order valence-electron chi connectivity index (χ2n) is 6.81. The van der Waals surface area contributed by atoms with E-state index in [1.165, 1.54) is 11.8 Å². The number of nitrogens with one attached hydrogen (secondary N) is 1. The number of hydrogen-bond acceptors (Lipinski definition) is 6. The van der Waals surface area contributed by atoms with Crippen LogP contribution in [0.4, 0.5) is 5.69 Å². The van der Waals surface area contributed by atoms with Crippen LogP contribution in [0, 0.1) is 18.3 Å². The van der Waals surface area contributed by atoms with Crippen LogP contribution in [0.15, 0.2) is 53.6 Å². The van der Waals surface area contributed by atoms with Crippen molar-refractivity contribution in [3.8, 4) is 17.6 Å². The van der Waals surface area contributed by atoms with Gasteiger partial charge in [-0.15, -0.1) is 0 Å². The highest BCUT2D eigenvalue weighted by molar-refractivity contribution is 7.99. The van der Waals surface area contributed by atoms with E-state index in [1.807, 2.05) is 41.7 Å². The normalized spacial score (nSPS) is 10.8. The number of anilines is 1. The topological polar surface area (TPSA) is 88.6 Å². The molecule has 0 saturated heterocycles. The molecule has 0 radical (unpaired) electrons. The molecular formula is C23H20N4O3S. The molecule has 0 saturated carbocycles. The van der Waals surface area contributed by atoms with Crippen molar-refractivity contribution in [3.05, 3.63) is 59.7 Å². The van der Waals surface area contributed by atoms with Crippen LogP contribution >= 0.6 is 11.8 Å². The van der Waals surface area contributed by atoms with Crippen molar-refractivity contribution in [1.82, 2.24) is 9.38 Å². The Balaban J connectivity index is 1.62. The zero-order chi connectivity index (χ0) is 22.0. The van der Waals surface area contributed by atoms with Gasteiger partial charge in [-0.2, -0.15) is 5.26 Å². The summed E-state index contributed by atoms with van der Waals surface area (Å²) in [6, 6.07) is 17.1. The fourth-order valence-corrected chi connectivity index (χ4v) is 4.31. The molecule has 4 rings (SSSR count). The zero-order valence-corrected chi connectivity index (χ0v) is 18.1. The van der Waals surface area contributed by atoms with Gasteiger partial charge in [0.1, 0.15) is 17.6 Å². The van der Waals surface area contributed by atoms with Crippen molar-refractivity contribution in [2.45, 2.75) is 11.9 Å². The number of fused-ring (bicyclic) bond motifs is 3.